The Labute approximate surface area is 383 Å². The van der Waals surface area contributed by atoms with Crippen LogP contribution < -0.4 is 0 Å². The molecule has 2 unspecified atom stereocenters. The highest BCUT2D eigenvalue weighted by Crippen LogP contribution is 2.38. The fourth-order valence-electron chi connectivity index (χ4n) is 10.4. The number of carbonyl (C=O) groups excluding carboxylic acids is 3. The smallest absolute Gasteiger partial charge is 0.329 e. The van der Waals surface area contributed by atoms with Crippen molar-refractivity contribution in [2.45, 2.75) is 193 Å². The van der Waals surface area contributed by atoms with E-state index >= 15 is 0 Å². The summed E-state index contributed by atoms with van der Waals surface area (Å²) >= 11 is 0. The number of rotatable bonds is 5. The molecule has 0 radical (unpaired) electrons. The van der Waals surface area contributed by atoms with Gasteiger partial charge in [0.05, 0.1) is 30.5 Å². The summed E-state index contributed by atoms with van der Waals surface area (Å²) < 4.78 is 23.8. The van der Waals surface area contributed by atoms with Crippen LogP contribution in [0.4, 0.5) is 0 Å². The van der Waals surface area contributed by atoms with Crippen LogP contribution in [0.3, 0.4) is 0 Å². The van der Waals surface area contributed by atoms with Gasteiger partial charge in [0.2, 0.25) is 5.79 Å². The number of aliphatic hydroxyl groups excluding tert-OH is 4. The highest BCUT2D eigenvalue weighted by molar-refractivity contribution is 6.39. The Balaban J connectivity index is 1.68. The molecule has 64 heavy (non-hydrogen) atoms. The van der Waals surface area contributed by atoms with Crippen LogP contribution in [0.25, 0.3) is 0 Å². The summed E-state index contributed by atoms with van der Waals surface area (Å²) in [6.07, 6.45) is 11.9. The maximum atomic E-state index is 14.4. The van der Waals surface area contributed by atoms with Gasteiger partial charge in [0.1, 0.15) is 24.4 Å². The maximum Gasteiger partial charge on any atom is 0.329 e. The van der Waals surface area contributed by atoms with E-state index in [1.807, 2.05) is 52.0 Å². The number of carbonyl (C=O) groups is 3. The van der Waals surface area contributed by atoms with Gasteiger partial charge in [-0.3, -0.25) is 9.59 Å². The maximum absolute atomic E-state index is 14.4. The molecule has 0 spiro atoms. The molecule has 0 aromatic carbocycles. The van der Waals surface area contributed by atoms with E-state index in [1.54, 1.807) is 27.0 Å². The lowest BCUT2D eigenvalue weighted by molar-refractivity contribution is -0.264. The van der Waals surface area contributed by atoms with Crippen molar-refractivity contribution >= 4 is 17.7 Å². The number of hydrogen-bond acceptors (Lipinski definition) is 12. The van der Waals surface area contributed by atoms with E-state index in [4.69, 9.17) is 18.9 Å². The Hall–Kier alpha value is -2.75. The van der Waals surface area contributed by atoms with E-state index < -0.39 is 84.1 Å². The first kappa shape index (κ1) is 53.9. The fraction of sp³-hybridized carbons (Fsp3) is 0.784. The molecule has 0 aromatic rings. The molecule has 4 aliphatic rings. The topological polar surface area (TPSA) is 193 Å². The van der Waals surface area contributed by atoms with Crippen molar-refractivity contribution < 1.29 is 58.9 Å². The quantitative estimate of drug-likeness (QED) is 0.116. The Morgan fingerprint density at radius 2 is 1.55 bits per heavy atom. The Morgan fingerprint density at radius 3 is 2.23 bits per heavy atom. The monoisotopic (exact) mass is 902 g/mol. The van der Waals surface area contributed by atoms with Gasteiger partial charge in [0, 0.05) is 39.0 Å². The molecule has 3 fully saturated rings. The van der Waals surface area contributed by atoms with E-state index in [0.29, 0.717) is 63.4 Å². The van der Waals surface area contributed by atoms with Gasteiger partial charge in [-0.1, -0.05) is 83.6 Å². The van der Waals surface area contributed by atoms with Gasteiger partial charge in [-0.25, -0.2) is 4.79 Å². The van der Waals surface area contributed by atoms with Crippen molar-refractivity contribution in [3.8, 4) is 0 Å². The van der Waals surface area contributed by atoms with Gasteiger partial charge < -0.3 is 49.4 Å². The average Bonchev–Trinajstić information content (AvgIpc) is 3.26. The minimum atomic E-state index is -2.35. The number of ether oxygens (including phenoxy) is 4. The van der Waals surface area contributed by atoms with Crippen molar-refractivity contribution in [1.29, 1.82) is 0 Å². The number of amides is 1. The molecule has 17 atom stereocenters. The van der Waals surface area contributed by atoms with E-state index in [1.165, 1.54) is 12.0 Å². The van der Waals surface area contributed by atoms with Gasteiger partial charge in [0.25, 0.3) is 11.7 Å². The van der Waals surface area contributed by atoms with Crippen LogP contribution in [0.1, 0.15) is 132 Å². The molecule has 0 aromatic heterocycles. The summed E-state index contributed by atoms with van der Waals surface area (Å²) in [6, 6.07) is -1.08. The van der Waals surface area contributed by atoms with Gasteiger partial charge in [-0.15, -0.1) is 0 Å². The molecule has 13 nitrogen and oxygen atoms in total. The number of nitrogens with zero attached hydrogens (tertiary/aromatic N) is 1. The van der Waals surface area contributed by atoms with Crippen LogP contribution in [0.2, 0.25) is 0 Å². The summed E-state index contributed by atoms with van der Waals surface area (Å²) in [7, 11) is 3.05. The third kappa shape index (κ3) is 14.1. The summed E-state index contributed by atoms with van der Waals surface area (Å²) in [5.41, 5.74) is 1.60. The number of aliphatic hydroxyl groups is 5. The lowest BCUT2D eigenvalue weighted by Gasteiger charge is -2.42. The molecule has 1 aliphatic carbocycles. The number of fused-ring (bicyclic) bond motifs is 3. The van der Waals surface area contributed by atoms with Crippen LogP contribution in [-0.4, -0.2) is 130 Å². The Kier molecular flexibility index (Phi) is 20.9. The molecule has 1 amide bonds. The first-order valence-corrected chi connectivity index (χ1v) is 24.2. The van der Waals surface area contributed by atoms with E-state index in [-0.39, 0.29) is 55.1 Å². The molecule has 3 heterocycles. The number of esters is 1. The van der Waals surface area contributed by atoms with Crippen molar-refractivity contribution in [1.82, 2.24) is 4.90 Å². The third-order valence-electron chi connectivity index (χ3n) is 15.0. The highest BCUT2D eigenvalue weighted by atomic mass is 16.6. The Bertz CT molecular complexity index is 1640. The van der Waals surface area contributed by atoms with Crippen molar-refractivity contribution in [3.05, 3.63) is 47.6 Å². The second kappa shape index (κ2) is 24.9. The van der Waals surface area contributed by atoms with Crippen LogP contribution >= 0.6 is 0 Å². The normalized spacial score (nSPS) is 43.1. The minimum Gasteiger partial charge on any atom is -0.460 e. The number of ketones is 1. The molecule has 13 heteroatoms. The van der Waals surface area contributed by atoms with Crippen molar-refractivity contribution in [3.63, 3.8) is 0 Å². The predicted molar refractivity (Wildman–Crippen MR) is 246 cm³/mol. The molecular formula is C51H83NO12. The second-order valence-corrected chi connectivity index (χ2v) is 20.2. The highest BCUT2D eigenvalue weighted by Gasteiger charge is 2.53. The molecule has 2 bridgehead atoms. The zero-order valence-corrected chi connectivity index (χ0v) is 40.4. The molecule has 2 saturated heterocycles. The van der Waals surface area contributed by atoms with Crippen LogP contribution in [-0.2, 0) is 33.3 Å². The minimum absolute atomic E-state index is 0.0458. The number of piperidine rings is 1. The third-order valence-corrected chi connectivity index (χ3v) is 15.0. The average molecular weight is 902 g/mol. The number of allylic oxidation sites excluding steroid dienone is 6. The number of methoxy groups -OCH3 is 2. The largest absolute Gasteiger partial charge is 0.460 e. The van der Waals surface area contributed by atoms with Gasteiger partial charge in [0.15, 0.2) is 0 Å². The SMILES string of the molecule is CO[C@H]1[C@@H](O)[C@H](C)C[C@H](C)/C=C/C=C/C=C(\C)[C@@H](C)C[C@@H]2CC[C@@H](C)[C@@](O)(O2)C(=O)C(=O)N2CCCCC2C(=O)O[C@H]([C@H](C)CC2CC[C@@H](O)[C@H](OC)C2)C[C@H](O)[C@H](C)/C=C(\C)[C@H]1O. The Morgan fingerprint density at radius 1 is 0.828 bits per heavy atom. The first-order valence-electron chi connectivity index (χ1n) is 24.2. The van der Waals surface area contributed by atoms with Crippen molar-refractivity contribution in [2.75, 3.05) is 20.8 Å². The van der Waals surface area contributed by atoms with Crippen LogP contribution in [0.15, 0.2) is 47.6 Å². The summed E-state index contributed by atoms with van der Waals surface area (Å²) in [5, 5.41) is 57.1. The zero-order valence-electron chi connectivity index (χ0n) is 40.4. The number of Topliss-reactive ketones (excluding diaryl/α,β-unsaturated/α-hetero) is 1. The zero-order chi connectivity index (χ0) is 47.5. The summed E-state index contributed by atoms with van der Waals surface area (Å²) in [6.45, 7) is 15.5. The lowest BCUT2D eigenvalue weighted by Crippen LogP contribution is -2.60. The molecule has 364 valence electrons. The van der Waals surface area contributed by atoms with E-state index in [0.717, 1.165) is 12.0 Å². The standard InChI is InChI=1S/C51H83NO12/c1-30-16-12-11-13-17-31(2)32(3)27-39-21-19-37(8)51(60,64-39)48(57)49(58)52-23-15-14-18-40(52)50(59)63-43(34(5)26-38-20-22-41(53)44(28-38)61-9)29-42(54)33(4)25-36(7)46(56)47(62-10)45(55)35(6)24-30/h11-13,16-17,25,30,32-35,37-47,53-56,60H,14-15,18-24,26-29H2,1-10H3/b13-11+,16-12+,31-17+,36-25+/t30-,32+,33-,34-,35-,37-,38?,39+,40?,41-,42+,43+,44-,45+,46-,47+,51-/m1/s1. The molecular weight excluding hydrogens is 819 g/mol. The lowest BCUT2D eigenvalue weighted by atomic mass is 9.78. The van der Waals surface area contributed by atoms with Gasteiger partial charge >= 0.3 is 5.97 Å². The fourth-order valence-corrected chi connectivity index (χ4v) is 10.4. The van der Waals surface area contributed by atoms with Crippen LogP contribution in [0.5, 0.6) is 0 Å². The summed E-state index contributed by atoms with van der Waals surface area (Å²) in [4.78, 5) is 44.0. The molecule has 4 rings (SSSR count). The molecule has 3 aliphatic heterocycles. The van der Waals surface area contributed by atoms with Gasteiger partial charge in [-0.05, 0) is 120 Å². The predicted octanol–water partition coefficient (Wildman–Crippen LogP) is 6.39. The molecule has 1 saturated carbocycles. The second-order valence-electron chi connectivity index (χ2n) is 20.2. The van der Waals surface area contributed by atoms with Crippen molar-refractivity contribution in [2.24, 2.45) is 41.4 Å². The summed E-state index contributed by atoms with van der Waals surface area (Å²) in [5.74, 6) is -6.40. The molecule has 5 N–H and O–H groups in total. The number of hydrogen-bond donors (Lipinski definition) is 5. The van der Waals surface area contributed by atoms with Gasteiger partial charge in [-0.2, -0.15) is 0 Å². The van der Waals surface area contributed by atoms with E-state index in [2.05, 4.69) is 19.9 Å². The first-order chi connectivity index (χ1) is 30.2. The van der Waals surface area contributed by atoms with Crippen LogP contribution in [0, 0.1) is 41.4 Å². The van der Waals surface area contributed by atoms with E-state index in [9.17, 15) is 39.9 Å². The number of cyclic esters (lactones) is 1.